The molecule has 1 unspecified atom stereocenters. The second kappa shape index (κ2) is 14.3. The van der Waals surface area contributed by atoms with Gasteiger partial charge in [0, 0.05) is 59.7 Å². The van der Waals surface area contributed by atoms with Gasteiger partial charge < -0.3 is 29.6 Å². The van der Waals surface area contributed by atoms with E-state index >= 15 is 0 Å². The van der Waals surface area contributed by atoms with Crippen LogP contribution in [-0.4, -0.2) is 90.8 Å². The van der Waals surface area contributed by atoms with Crippen molar-refractivity contribution in [1.29, 1.82) is 0 Å². The fourth-order valence-electron chi connectivity index (χ4n) is 4.13. The first-order valence-corrected chi connectivity index (χ1v) is 11.9. The van der Waals surface area contributed by atoms with Gasteiger partial charge in [0.2, 0.25) is 0 Å². The summed E-state index contributed by atoms with van der Waals surface area (Å²) in [5.41, 5.74) is 1.26. The van der Waals surface area contributed by atoms with E-state index in [-0.39, 0.29) is 6.04 Å². The summed E-state index contributed by atoms with van der Waals surface area (Å²) in [6.07, 6.45) is 3.19. The third-order valence-corrected chi connectivity index (χ3v) is 6.13. The van der Waals surface area contributed by atoms with Crippen LogP contribution >= 0.6 is 0 Å². The average molecular weight is 449 g/mol. The van der Waals surface area contributed by atoms with Crippen LogP contribution in [0.2, 0.25) is 0 Å². The minimum absolute atomic E-state index is 0.242. The Labute approximate surface area is 192 Å². The molecule has 1 aromatic carbocycles. The Kier molecular flexibility index (Phi) is 11.1. The molecule has 2 heterocycles. The molecule has 0 saturated carbocycles. The molecular weight excluding hydrogens is 408 g/mol. The number of aliphatic imine (C=N–C) groups is 1. The van der Waals surface area contributed by atoms with Gasteiger partial charge in [-0.1, -0.05) is 12.1 Å². The lowest BCUT2D eigenvalue weighted by atomic mass is 10.0. The van der Waals surface area contributed by atoms with Gasteiger partial charge in [-0.15, -0.1) is 0 Å². The number of methoxy groups -OCH3 is 1. The Bertz CT molecular complexity index is 658. The van der Waals surface area contributed by atoms with E-state index in [1.54, 1.807) is 7.11 Å². The van der Waals surface area contributed by atoms with Gasteiger partial charge >= 0.3 is 0 Å². The molecule has 2 N–H and O–H groups in total. The number of ether oxygens (including phenoxy) is 4. The summed E-state index contributed by atoms with van der Waals surface area (Å²) in [5, 5.41) is 6.92. The van der Waals surface area contributed by atoms with E-state index in [0.717, 1.165) is 96.8 Å². The zero-order valence-corrected chi connectivity index (χ0v) is 19.7. The Morgan fingerprint density at radius 2 is 1.81 bits per heavy atom. The molecule has 3 rings (SSSR count). The van der Waals surface area contributed by atoms with Crippen LogP contribution in [0, 0.1) is 5.92 Å². The number of nitrogens with one attached hydrogen (secondary N) is 2. The van der Waals surface area contributed by atoms with Gasteiger partial charge in [0.25, 0.3) is 0 Å². The van der Waals surface area contributed by atoms with Crippen molar-refractivity contribution in [1.82, 2.24) is 15.5 Å². The summed E-state index contributed by atoms with van der Waals surface area (Å²) in [6, 6.07) is 8.58. The van der Waals surface area contributed by atoms with Gasteiger partial charge in [0.05, 0.1) is 26.4 Å². The van der Waals surface area contributed by atoms with E-state index < -0.39 is 0 Å². The first-order valence-electron chi connectivity index (χ1n) is 11.9. The molecule has 8 heteroatoms. The quantitative estimate of drug-likeness (QED) is 0.305. The molecule has 0 aromatic heterocycles. The maximum absolute atomic E-state index is 5.86. The standard InChI is InChI=1S/C24H40N4O4/c1-25-24(26-10-3-13-32-19-20-8-14-30-15-9-20)27-18-23(28-11-16-31-17-12-28)21-4-6-22(29-2)7-5-21/h4-7,20,23H,3,8-19H2,1-2H3,(H2,25,26,27). The molecule has 1 atom stereocenters. The molecule has 2 saturated heterocycles. The number of morpholine rings is 1. The molecule has 0 amide bonds. The number of nitrogens with zero attached hydrogens (tertiary/aromatic N) is 2. The summed E-state index contributed by atoms with van der Waals surface area (Å²) >= 11 is 0. The van der Waals surface area contributed by atoms with Crippen LogP contribution in [0.4, 0.5) is 0 Å². The van der Waals surface area contributed by atoms with Crippen LogP contribution in [0.1, 0.15) is 30.9 Å². The van der Waals surface area contributed by atoms with E-state index in [9.17, 15) is 0 Å². The van der Waals surface area contributed by atoms with Crippen molar-refractivity contribution in [2.45, 2.75) is 25.3 Å². The van der Waals surface area contributed by atoms with Crippen molar-refractivity contribution in [2.75, 3.05) is 80.0 Å². The summed E-state index contributed by atoms with van der Waals surface area (Å²) in [5.74, 6) is 2.35. The second-order valence-electron chi connectivity index (χ2n) is 8.30. The van der Waals surface area contributed by atoms with Gasteiger partial charge in [-0.05, 0) is 42.9 Å². The Morgan fingerprint density at radius 1 is 1.09 bits per heavy atom. The highest BCUT2D eigenvalue weighted by molar-refractivity contribution is 5.79. The molecule has 0 bridgehead atoms. The van der Waals surface area contributed by atoms with Crippen LogP contribution in [0.15, 0.2) is 29.3 Å². The minimum atomic E-state index is 0.242. The zero-order chi connectivity index (χ0) is 22.4. The largest absolute Gasteiger partial charge is 0.497 e. The lowest BCUT2D eigenvalue weighted by molar-refractivity contribution is 0.0169. The smallest absolute Gasteiger partial charge is 0.191 e. The monoisotopic (exact) mass is 448 g/mol. The summed E-state index contributed by atoms with van der Waals surface area (Å²) in [4.78, 5) is 6.86. The maximum Gasteiger partial charge on any atom is 0.191 e. The number of rotatable bonds is 11. The predicted molar refractivity (Wildman–Crippen MR) is 126 cm³/mol. The zero-order valence-electron chi connectivity index (χ0n) is 19.7. The van der Waals surface area contributed by atoms with E-state index in [1.165, 1.54) is 5.56 Å². The molecule has 32 heavy (non-hydrogen) atoms. The predicted octanol–water partition coefficient (Wildman–Crippen LogP) is 2.07. The molecule has 8 nitrogen and oxygen atoms in total. The minimum Gasteiger partial charge on any atom is -0.497 e. The summed E-state index contributed by atoms with van der Waals surface area (Å²) in [6.45, 7) is 8.36. The van der Waals surface area contributed by atoms with E-state index in [0.29, 0.717) is 5.92 Å². The number of hydrogen-bond donors (Lipinski definition) is 2. The molecule has 2 fully saturated rings. The number of guanidine groups is 1. The molecule has 0 radical (unpaired) electrons. The van der Waals surface area contributed by atoms with Crippen LogP contribution < -0.4 is 15.4 Å². The van der Waals surface area contributed by atoms with Gasteiger partial charge in [0.15, 0.2) is 5.96 Å². The van der Waals surface area contributed by atoms with E-state index in [1.807, 2.05) is 19.2 Å². The van der Waals surface area contributed by atoms with E-state index in [2.05, 4.69) is 32.7 Å². The number of benzene rings is 1. The van der Waals surface area contributed by atoms with Crippen molar-refractivity contribution in [3.05, 3.63) is 29.8 Å². The molecular formula is C24H40N4O4. The third-order valence-electron chi connectivity index (χ3n) is 6.13. The van der Waals surface area contributed by atoms with Gasteiger partial charge in [-0.3, -0.25) is 9.89 Å². The lowest BCUT2D eigenvalue weighted by Crippen LogP contribution is -2.46. The number of hydrogen-bond acceptors (Lipinski definition) is 6. The van der Waals surface area contributed by atoms with Gasteiger partial charge in [0.1, 0.15) is 5.75 Å². The Morgan fingerprint density at radius 3 is 2.50 bits per heavy atom. The van der Waals surface area contributed by atoms with Crippen LogP contribution in [0.5, 0.6) is 5.75 Å². The second-order valence-corrected chi connectivity index (χ2v) is 8.30. The highest BCUT2D eigenvalue weighted by atomic mass is 16.5. The SMILES string of the molecule is CN=C(NCCCOCC1CCOCC1)NCC(c1ccc(OC)cc1)N1CCOCC1. The summed E-state index contributed by atoms with van der Waals surface area (Å²) in [7, 11) is 3.51. The molecule has 0 spiro atoms. The van der Waals surface area contributed by atoms with Gasteiger partial charge in [-0.2, -0.15) is 0 Å². The molecule has 1 aromatic rings. The first-order chi connectivity index (χ1) is 15.8. The van der Waals surface area contributed by atoms with Crippen LogP contribution in [-0.2, 0) is 14.2 Å². The topological polar surface area (TPSA) is 76.6 Å². The van der Waals surface area contributed by atoms with Crippen molar-refractivity contribution in [3.8, 4) is 5.75 Å². The maximum atomic E-state index is 5.86. The van der Waals surface area contributed by atoms with Crippen LogP contribution in [0.25, 0.3) is 0 Å². The molecule has 2 aliphatic heterocycles. The molecule has 0 aliphatic carbocycles. The van der Waals surface area contributed by atoms with Crippen molar-refractivity contribution in [3.63, 3.8) is 0 Å². The van der Waals surface area contributed by atoms with Crippen LogP contribution in [0.3, 0.4) is 0 Å². The first kappa shape index (κ1) is 24.8. The highest BCUT2D eigenvalue weighted by Gasteiger charge is 2.23. The van der Waals surface area contributed by atoms with Crippen molar-refractivity contribution in [2.24, 2.45) is 10.9 Å². The average Bonchev–Trinajstić information content (AvgIpc) is 2.86. The van der Waals surface area contributed by atoms with Crippen molar-refractivity contribution >= 4 is 5.96 Å². The highest BCUT2D eigenvalue weighted by Crippen LogP contribution is 2.23. The summed E-state index contributed by atoms with van der Waals surface area (Å²) < 4.78 is 22.1. The van der Waals surface area contributed by atoms with E-state index in [4.69, 9.17) is 18.9 Å². The third kappa shape index (κ3) is 8.24. The Hall–Kier alpha value is -1.87. The molecule has 2 aliphatic rings. The molecule has 180 valence electrons. The Balaban J connectivity index is 1.41. The lowest BCUT2D eigenvalue weighted by Gasteiger charge is -2.35. The normalized spacial score (nSPS) is 19.5. The fraction of sp³-hybridized carbons (Fsp3) is 0.708. The van der Waals surface area contributed by atoms with Gasteiger partial charge in [-0.25, -0.2) is 0 Å². The fourth-order valence-corrected chi connectivity index (χ4v) is 4.13. The van der Waals surface area contributed by atoms with Crippen molar-refractivity contribution < 1.29 is 18.9 Å².